The van der Waals surface area contributed by atoms with Crippen molar-refractivity contribution in [1.29, 1.82) is 0 Å². The van der Waals surface area contributed by atoms with E-state index in [-0.39, 0.29) is 6.04 Å². The molecule has 0 atom stereocenters. The third-order valence-electron chi connectivity index (χ3n) is 4.21. The predicted molar refractivity (Wildman–Crippen MR) is 94.8 cm³/mol. The van der Waals surface area contributed by atoms with E-state index in [1.807, 2.05) is 18.2 Å². The van der Waals surface area contributed by atoms with E-state index in [4.69, 9.17) is 4.74 Å². The molecule has 1 fully saturated rings. The molecule has 1 aromatic heterocycles. The summed E-state index contributed by atoms with van der Waals surface area (Å²) < 4.78 is 5.38. The van der Waals surface area contributed by atoms with Gasteiger partial charge >= 0.3 is 0 Å². The summed E-state index contributed by atoms with van der Waals surface area (Å²) in [6.07, 6.45) is 0. The van der Waals surface area contributed by atoms with Crippen LogP contribution in [0.3, 0.4) is 0 Å². The summed E-state index contributed by atoms with van der Waals surface area (Å²) in [6.45, 7) is 10.7. The summed E-state index contributed by atoms with van der Waals surface area (Å²) >= 11 is 0. The Balaban J connectivity index is 1.61. The lowest BCUT2D eigenvalue weighted by atomic mass is 10.1. The predicted octanol–water partition coefficient (Wildman–Crippen LogP) is 1.95. The van der Waals surface area contributed by atoms with Gasteiger partial charge in [0.15, 0.2) is 0 Å². The summed E-state index contributed by atoms with van der Waals surface area (Å²) in [5.41, 5.74) is 3.11. The zero-order valence-electron chi connectivity index (χ0n) is 14.6. The molecular formula is C18H27N5O. The van der Waals surface area contributed by atoms with Crippen LogP contribution in [0.5, 0.6) is 0 Å². The van der Waals surface area contributed by atoms with Gasteiger partial charge in [-0.3, -0.25) is 4.90 Å². The molecule has 1 saturated heterocycles. The van der Waals surface area contributed by atoms with Gasteiger partial charge in [-0.2, -0.15) is 15.0 Å². The van der Waals surface area contributed by atoms with Gasteiger partial charge in [-0.25, -0.2) is 0 Å². The first-order valence-electron chi connectivity index (χ1n) is 8.76. The van der Waals surface area contributed by atoms with Crippen molar-refractivity contribution in [2.24, 2.45) is 0 Å². The van der Waals surface area contributed by atoms with Crippen LogP contribution in [0, 0.1) is 0 Å². The van der Waals surface area contributed by atoms with Crippen LogP contribution in [-0.2, 0) is 11.3 Å². The van der Waals surface area contributed by atoms with Crippen molar-refractivity contribution in [3.8, 4) is 11.3 Å². The Morgan fingerprint density at radius 2 is 1.88 bits per heavy atom. The average molecular weight is 329 g/mol. The summed E-state index contributed by atoms with van der Waals surface area (Å²) in [7, 11) is 0. The smallest absolute Gasteiger partial charge is 0.117 e. The molecule has 1 aromatic carbocycles. The highest BCUT2D eigenvalue weighted by Crippen LogP contribution is 2.21. The zero-order chi connectivity index (χ0) is 16.8. The fourth-order valence-corrected chi connectivity index (χ4v) is 2.79. The van der Waals surface area contributed by atoms with Crippen LogP contribution in [0.25, 0.3) is 11.3 Å². The van der Waals surface area contributed by atoms with Crippen molar-refractivity contribution < 1.29 is 4.74 Å². The van der Waals surface area contributed by atoms with Gasteiger partial charge < -0.3 is 10.1 Å². The number of morpholine rings is 1. The Bertz CT molecular complexity index is 620. The lowest BCUT2D eigenvalue weighted by molar-refractivity contribution is 0.0384. The van der Waals surface area contributed by atoms with Gasteiger partial charge in [-0.05, 0) is 13.8 Å². The molecule has 0 aliphatic carbocycles. The Labute approximate surface area is 143 Å². The van der Waals surface area contributed by atoms with Gasteiger partial charge in [-0.1, -0.05) is 30.3 Å². The Morgan fingerprint density at radius 1 is 1.12 bits per heavy atom. The topological polar surface area (TPSA) is 55.2 Å². The maximum Gasteiger partial charge on any atom is 0.117 e. The third kappa shape index (κ3) is 4.41. The molecule has 2 heterocycles. The molecule has 1 N–H and O–H groups in total. The van der Waals surface area contributed by atoms with E-state index in [0.717, 1.165) is 62.9 Å². The van der Waals surface area contributed by atoms with Crippen molar-refractivity contribution in [3.05, 3.63) is 36.0 Å². The van der Waals surface area contributed by atoms with Gasteiger partial charge in [0.2, 0.25) is 0 Å². The quantitative estimate of drug-likeness (QED) is 0.787. The second-order valence-electron chi connectivity index (χ2n) is 6.41. The van der Waals surface area contributed by atoms with Crippen molar-refractivity contribution in [3.63, 3.8) is 0 Å². The average Bonchev–Trinajstić information content (AvgIpc) is 3.05. The molecule has 3 rings (SSSR count). The number of benzene rings is 1. The summed E-state index contributed by atoms with van der Waals surface area (Å²) in [6, 6.07) is 10.5. The van der Waals surface area contributed by atoms with E-state index in [1.165, 1.54) is 0 Å². The van der Waals surface area contributed by atoms with Gasteiger partial charge in [0.1, 0.15) is 11.4 Å². The fourth-order valence-electron chi connectivity index (χ4n) is 2.79. The van der Waals surface area contributed by atoms with Crippen LogP contribution in [0.4, 0.5) is 0 Å². The monoisotopic (exact) mass is 329 g/mol. The molecule has 24 heavy (non-hydrogen) atoms. The van der Waals surface area contributed by atoms with Crippen LogP contribution in [0.1, 0.15) is 25.6 Å². The number of hydrogen-bond donors (Lipinski definition) is 1. The standard InChI is InChI=1S/C18H27N5O/c1-15(2)23-20-17(18(21-23)16-6-4-3-5-7-16)14-19-8-9-22-10-12-24-13-11-22/h3-7,15,19H,8-14H2,1-2H3. The number of ether oxygens (including phenoxy) is 1. The minimum Gasteiger partial charge on any atom is -0.379 e. The molecule has 1 aliphatic heterocycles. The summed E-state index contributed by atoms with van der Waals surface area (Å²) in [5, 5.41) is 12.9. The summed E-state index contributed by atoms with van der Waals surface area (Å²) in [4.78, 5) is 4.24. The maximum atomic E-state index is 5.38. The highest BCUT2D eigenvalue weighted by atomic mass is 16.5. The largest absolute Gasteiger partial charge is 0.379 e. The molecule has 0 bridgehead atoms. The molecule has 0 saturated carbocycles. The molecule has 2 aromatic rings. The molecule has 1 aliphatic rings. The molecule has 0 unspecified atom stereocenters. The van der Waals surface area contributed by atoms with Crippen molar-refractivity contribution in [2.75, 3.05) is 39.4 Å². The molecule has 130 valence electrons. The third-order valence-corrected chi connectivity index (χ3v) is 4.21. The van der Waals surface area contributed by atoms with Crippen molar-refractivity contribution in [2.45, 2.75) is 26.4 Å². The first kappa shape index (κ1) is 17.1. The van der Waals surface area contributed by atoms with Gasteiger partial charge in [0, 0.05) is 38.3 Å². The maximum absolute atomic E-state index is 5.38. The number of aromatic nitrogens is 3. The van der Waals surface area contributed by atoms with E-state index in [2.05, 4.69) is 46.4 Å². The SMILES string of the molecule is CC(C)n1nc(CNCCN2CCOCC2)c(-c2ccccc2)n1. The second-order valence-corrected chi connectivity index (χ2v) is 6.41. The van der Waals surface area contributed by atoms with E-state index >= 15 is 0 Å². The lowest BCUT2D eigenvalue weighted by Gasteiger charge is -2.26. The van der Waals surface area contributed by atoms with Crippen LogP contribution in [-0.4, -0.2) is 59.3 Å². The minimum absolute atomic E-state index is 0.259. The summed E-state index contributed by atoms with van der Waals surface area (Å²) in [5.74, 6) is 0. The van der Waals surface area contributed by atoms with E-state index in [1.54, 1.807) is 4.80 Å². The van der Waals surface area contributed by atoms with E-state index < -0.39 is 0 Å². The fraction of sp³-hybridized carbons (Fsp3) is 0.556. The van der Waals surface area contributed by atoms with Crippen LogP contribution < -0.4 is 5.32 Å². The molecule has 6 nitrogen and oxygen atoms in total. The lowest BCUT2D eigenvalue weighted by Crippen LogP contribution is -2.40. The first-order chi connectivity index (χ1) is 11.7. The van der Waals surface area contributed by atoms with Crippen LogP contribution in [0.15, 0.2) is 30.3 Å². The number of nitrogens with zero attached hydrogens (tertiary/aromatic N) is 4. The number of hydrogen-bond acceptors (Lipinski definition) is 5. The van der Waals surface area contributed by atoms with Gasteiger partial charge in [0.25, 0.3) is 0 Å². The molecule has 0 spiro atoms. The van der Waals surface area contributed by atoms with Crippen molar-refractivity contribution in [1.82, 2.24) is 25.2 Å². The molecule has 0 radical (unpaired) electrons. The van der Waals surface area contributed by atoms with Crippen molar-refractivity contribution >= 4 is 0 Å². The molecule has 6 heteroatoms. The first-order valence-corrected chi connectivity index (χ1v) is 8.76. The Morgan fingerprint density at radius 3 is 2.58 bits per heavy atom. The number of rotatable bonds is 7. The minimum atomic E-state index is 0.259. The van der Waals surface area contributed by atoms with E-state index in [9.17, 15) is 0 Å². The Hall–Kier alpha value is -1.76. The second kappa shape index (κ2) is 8.37. The van der Waals surface area contributed by atoms with Gasteiger partial charge in [0.05, 0.1) is 19.3 Å². The highest BCUT2D eigenvalue weighted by molar-refractivity contribution is 5.60. The van der Waals surface area contributed by atoms with E-state index in [0.29, 0.717) is 0 Å². The normalized spacial score (nSPS) is 16.0. The zero-order valence-corrected chi connectivity index (χ0v) is 14.6. The highest BCUT2D eigenvalue weighted by Gasteiger charge is 2.15. The van der Waals surface area contributed by atoms with Crippen LogP contribution >= 0.6 is 0 Å². The van der Waals surface area contributed by atoms with Crippen LogP contribution in [0.2, 0.25) is 0 Å². The molecular weight excluding hydrogens is 302 g/mol. The Kier molecular flexibility index (Phi) is 5.96. The number of nitrogens with one attached hydrogen (secondary N) is 1. The van der Waals surface area contributed by atoms with Gasteiger partial charge in [-0.15, -0.1) is 0 Å². The molecule has 0 amide bonds.